The second-order valence-corrected chi connectivity index (χ2v) is 7.26. The minimum atomic E-state index is -0.592. The number of rotatable bonds is 6. The molecular formula is C19H18ClNO3S. The van der Waals surface area contributed by atoms with Crippen molar-refractivity contribution in [2.45, 2.75) is 25.8 Å². The van der Waals surface area contributed by atoms with Gasteiger partial charge in [0.05, 0.1) is 16.5 Å². The summed E-state index contributed by atoms with van der Waals surface area (Å²) in [5, 5.41) is 12.8. The Hall–Kier alpha value is -2.11. The number of Topliss-reactive ketones (excluding diaryl/α,β-unsaturated/α-hetero) is 1. The van der Waals surface area contributed by atoms with Crippen molar-refractivity contribution in [3.8, 4) is 0 Å². The Bertz CT molecular complexity index is 812. The molecule has 0 aliphatic carbocycles. The lowest BCUT2D eigenvalue weighted by molar-refractivity contribution is -0.129. The van der Waals surface area contributed by atoms with Crippen LogP contribution in [-0.2, 0) is 4.79 Å². The molecule has 6 heteroatoms. The van der Waals surface area contributed by atoms with Crippen LogP contribution in [0.3, 0.4) is 0 Å². The maximum atomic E-state index is 12.9. The topological polar surface area (TPSA) is 57.6 Å². The summed E-state index contributed by atoms with van der Waals surface area (Å²) in [5.74, 6) is -1.25. The Kier molecular flexibility index (Phi) is 5.25. The van der Waals surface area contributed by atoms with E-state index in [-0.39, 0.29) is 11.4 Å². The molecule has 0 saturated carbocycles. The van der Waals surface area contributed by atoms with Crippen LogP contribution in [0.1, 0.15) is 41.0 Å². The molecule has 1 atom stereocenters. The molecule has 3 rings (SSSR count). The molecule has 130 valence electrons. The van der Waals surface area contributed by atoms with E-state index in [1.165, 1.54) is 11.3 Å². The summed E-state index contributed by atoms with van der Waals surface area (Å²) in [5.41, 5.74) is 0.906. The fourth-order valence-corrected chi connectivity index (χ4v) is 3.78. The number of nitrogens with zero attached hydrogens (tertiary/aromatic N) is 1. The van der Waals surface area contributed by atoms with E-state index >= 15 is 0 Å². The first-order chi connectivity index (χ1) is 12.0. The summed E-state index contributed by atoms with van der Waals surface area (Å²) in [6, 6.07) is 9.92. The van der Waals surface area contributed by atoms with Gasteiger partial charge < -0.3 is 10.0 Å². The van der Waals surface area contributed by atoms with Gasteiger partial charge in [0.25, 0.3) is 5.91 Å². The first-order valence-corrected chi connectivity index (χ1v) is 9.38. The number of benzene rings is 1. The highest BCUT2D eigenvalue weighted by Gasteiger charge is 2.43. The zero-order chi connectivity index (χ0) is 18.0. The molecule has 1 amide bonds. The van der Waals surface area contributed by atoms with Crippen LogP contribution in [0.15, 0.2) is 53.1 Å². The maximum Gasteiger partial charge on any atom is 0.290 e. The fraction of sp³-hybridized carbons (Fsp3) is 0.263. The number of unbranched alkanes of at least 4 members (excludes halogenated alkanes) is 1. The van der Waals surface area contributed by atoms with E-state index in [9.17, 15) is 14.7 Å². The summed E-state index contributed by atoms with van der Waals surface area (Å²) in [7, 11) is 0. The third kappa shape index (κ3) is 3.34. The lowest BCUT2D eigenvalue weighted by Crippen LogP contribution is -2.32. The minimum absolute atomic E-state index is 0.144. The van der Waals surface area contributed by atoms with Crippen LogP contribution in [0.4, 0.5) is 0 Å². The molecule has 1 aromatic carbocycles. The van der Waals surface area contributed by atoms with Crippen LogP contribution in [0, 0.1) is 0 Å². The van der Waals surface area contributed by atoms with Gasteiger partial charge in [-0.1, -0.05) is 43.1 Å². The summed E-state index contributed by atoms with van der Waals surface area (Å²) >= 11 is 7.26. The van der Waals surface area contributed by atoms with Gasteiger partial charge >= 0.3 is 0 Å². The SMILES string of the molecule is CCCCN1C(=O)C(O)=C(C(=O)c2cccs2)C1c1ccc(Cl)cc1. The number of halogens is 1. The van der Waals surface area contributed by atoms with Crippen LogP contribution >= 0.6 is 22.9 Å². The smallest absolute Gasteiger partial charge is 0.290 e. The molecule has 0 bridgehead atoms. The number of carbonyl (C=O) groups is 2. The monoisotopic (exact) mass is 375 g/mol. The Morgan fingerprint density at radius 1 is 1.28 bits per heavy atom. The van der Waals surface area contributed by atoms with Gasteiger partial charge in [0.15, 0.2) is 5.76 Å². The van der Waals surface area contributed by atoms with Gasteiger partial charge in [-0.2, -0.15) is 0 Å². The van der Waals surface area contributed by atoms with E-state index in [2.05, 4.69) is 0 Å². The second kappa shape index (κ2) is 7.42. The summed E-state index contributed by atoms with van der Waals surface area (Å²) in [6.07, 6.45) is 1.70. The molecular weight excluding hydrogens is 358 g/mol. The molecule has 4 nitrogen and oxygen atoms in total. The Morgan fingerprint density at radius 2 is 2.00 bits per heavy atom. The van der Waals surface area contributed by atoms with Crippen LogP contribution in [-0.4, -0.2) is 28.2 Å². The molecule has 0 fully saturated rings. The molecule has 25 heavy (non-hydrogen) atoms. The number of aliphatic hydroxyl groups excluding tert-OH is 1. The van der Waals surface area contributed by atoms with Crippen molar-refractivity contribution < 1.29 is 14.7 Å². The van der Waals surface area contributed by atoms with Gasteiger partial charge in [0.2, 0.25) is 5.78 Å². The Balaban J connectivity index is 2.06. The standard InChI is InChI=1S/C19H18ClNO3S/c1-2-3-10-21-16(12-6-8-13(20)9-7-12)15(18(23)19(21)24)17(22)14-5-4-11-25-14/h4-9,11,16,23H,2-3,10H2,1H3. The lowest BCUT2D eigenvalue weighted by atomic mass is 9.95. The van der Waals surface area contributed by atoms with E-state index in [1.54, 1.807) is 46.7 Å². The van der Waals surface area contributed by atoms with Gasteiger partial charge in [-0.3, -0.25) is 9.59 Å². The van der Waals surface area contributed by atoms with E-state index in [4.69, 9.17) is 11.6 Å². The van der Waals surface area contributed by atoms with Gasteiger partial charge in [-0.25, -0.2) is 0 Å². The van der Waals surface area contributed by atoms with Crippen LogP contribution in [0.5, 0.6) is 0 Å². The average molecular weight is 376 g/mol. The lowest BCUT2D eigenvalue weighted by Gasteiger charge is -2.26. The van der Waals surface area contributed by atoms with Crippen molar-refractivity contribution in [3.63, 3.8) is 0 Å². The van der Waals surface area contributed by atoms with E-state index in [1.807, 2.05) is 6.92 Å². The average Bonchev–Trinajstić information content (AvgIpc) is 3.22. The molecule has 1 N–H and O–H groups in total. The first-order valence-electron chi connectivity index (χ1n) is 8.12. The molecule has 0 spiro atoms. The number of amides is 1. The third-order valence-corrected chi connectivity index (χ3v) is 5.35. The largest absolute Gasteiger partial charge is 0.503 e. The Morgan fingerprint density at radius 3 is 2.60 bits per heavy atom. The first kappa shape index (κ1) is 17.7. The van der Waals surface area contributed by atoms with Crippen molar-refractivity contribution in [1.29, 1.82) is 0 Å². The minimum Gasteiger partial charge on any atom is -0.503 e. The number of thiophene rings is 1. The van der Waals surface area contributed by atoms with E-state index in [0.29, 0.717) is 16.4 Å². The van der Waals surface area contributed by atoms with Gasteiger partial charge in [0, 0.05) is 11.6 Å². The van der Waals surface area contributed by atoms with Crippen molar-refractivity contribution in [2.24, 2.45) is 0 Å². The van der Waals surface area contributed by atoms with Crippen LogP contribution < -0.4 is 0 Å². The highest BCUT2D eigenvalue weighted by Crippen LogP contribution is 2.39. The summed E-state index contributed by atoms with van der Waals surface area (Å²) < 4.78 is 0. The summed E-state index contributed by atoms with van der Waals surface area (Å²) in [6.45, 7) is 2.51. The van der Waals surface area contributed by atoms with Crippen LogP contribution in [0.25, 0.3) is 0 Å². The fourth-order valence-electron chi connectivity index (χ4n) is 2.98. The molecule has 2 heterocycles. The highest BCUT2D eigenvalue weighted by molar-refractivity contribution is 7.12. The zero-order valence-electron chi connectivity index (χ0n) is 13.7. The third-order valence-electron chi connectivity index (χ3n) is 4.23. The van der Waals surface area contributed by atoms with Gasteiger partial charge in [-0.15, -0.1) is 11.3 Å². The number of hydrogen-bond donors (Lipinski definition) is 1. The summed E-state index contributed by atoms with van der Waals surface area (Å²) in [4.78, 5) is 27.6. The molecule has 1 aromatic heterocycles. The maximum absolute atomic E-state index is 12.9. The number of ketones is 1. The second-order valence-electron chi connectivity index (χ2n) is 5.87. The number of hydrogen-bond acceptors (Lipinski definition) is 4. The van der Waals surface area contributed by atoms with E-state index in [0.717, 1.165) is 18.4 Å². The van der Waals surface area contributed by atoms with Crippen molar-refractivity contribution in [1.82, 2.24) is 4.90 Å². The molecule has 0 saturated heterocycles. The predicted octanol–water partition coefficient (Wildman–Crippen LogP) is 4.78. The predicted molar refractivity (Wildman–Crippen MR) is 99.1 cm³/mol. The zero-order valence-corrected chi connectivity index (χ0v) is 15.3. The number of aliphatic hydroxyl groups is 1. The van der Waals surface area contributed by atoms with E-state index < -0.39 is 17.7 Å². The van der Waals surface area contributed by atoms with Crippen molar-refractivity contribution >= 4 is 34.6 Å². The quantitative estimate of drug-likeness (QED) is 0.739. The molecule has 1 aliphatic rings. The number of carbonyl (C=O) groups excluding carboxylic acids is 2. The molecule has 1 aliphatic heterocycles. The molecule has 2 aromatic rings. The van der Waals surface area contributed by atoms with Gasteiger partial charge in [-0.05, 0) is 35.6 Å². The van der Waals surface area contributed by atoms with Crippen LogP contribution in [0.2, 0.25) is 5.02 Å². The molecule has 1 unspecified atom stereocenters. The normalized spacial score (nSPS) is 17.4. The molecule has 0 radical (unpaired) electrons. The van der Waals surface area contributed by atoms with Crippen molar-refractivity contribution in [2.75, 3.05) is 6.54 Å². The highest BCUT2D eigenvalue weighted by atomic mass is 35.5. The van der Waals surface area contributed by atoms with Gasteiger partial charge in [0.1, 0.15) is 0 Å². The van der Waals surface area contributed by atoms with Crippen molar-refractivity contribution in [3.05, 3.63) is 68.6 Å². The Labute approximate surface area is 155 Å².